The van der Waals surface area contributed by atoms with Crippen molar-refractivity contribution in [3.05, 3.63) is 0 Å². The summed E-state index contributed by atoms with van der Waals surface area (Å²) in [5, 5.41) is 0. The Labute approximate surface area is 111 Å². The fraction of sp³-hybridized carbons (Fsp3) is 0.929. The lowest BCUT2D eigenvalue weighted by Gasteiger charge is -2.50. The van der Waals surface area contributed by atoms with E-state index >= 15 is 0 Å². The predicted octanol–water partition coefficient (Wildman–Crippen LogP) is 2.59. The number of hydrogen-bond donors (Lipinski definition) is 0. The second-order valence-electron chi connectivity index (χ2n) is 6.74. The zero-order valence-corrected chi connectivity index (χ0v) is 12.7. The van der Waals surface area contributed by atoms with Crippen LogP contribution in [0.2, 0.25) is 0 Å². The number of ether oxygens (including phenoxy) is 1. The summed E-state index contributed by atoms with van der Waals surface area (Å²) in [5.74, 6) is 0. The van der Waals surface area contributed by atoms with Crippen LogP contribution in [0.3, 0.4) is 0 Å². The predicted molar refractivity (Wildman–Crippen MR) is 73.7 cm³/mol. The van der Waals surface area contributed by atoms with Crippen LogP contribution < -0.4 is 0 Å². The maximum Gasteiger partial charge on any atom is 0.410 e. The van der Waals surface area contributed by atoms with Crippen molar-refractivity contribution in [2.24, 2.45) is 5.41 Å². The molecule has 4 heteroatoms. The van der Waals surface area contributed by atoms with E-state index in [4.69, 9.17) is 4.74 Å². The van der Waals surface area contributed by atoms with Crippen LogP contribution in [0.25, 0.3) is 0 Å². The molecule has 0 N–H and O–H groups in total. The number of rotatable bonds is 4. The van der Waals surface area contributed by atoms with E-state index in [0.717, 1.165) is 32.5 Å². The lowest BCUT2D eigenvalue weighted by Crippen LogP contribution is -2.59. The van der Waals surface area contributed by atoms with Crippen molar-refractivity contribution in [2.45, 2.75) is 46.1 Å². The van der Waals surface area contributed by atoms with Crippen LogP contribution in [-0.2, 0) is 4.74 Å². The van der Waals surface area contributed by atoms with Gasteiger partial charge in [0, 0.05) is 18.5 Å². The van der Waals surface area contributed by atoms with E-state index in [1.165, 1.54) is 0 Å². The molecule has 0 saturated carbocycles. The third kappa shape index (κ3) is 4.16. The smallest absolute Gasteiger partial charge is 0.410 e. The Kier molecular flexibility index (Phi) is 4.65. The molecule has 1 rings (SSSR count). The molecule has 0 atom stereocenters. The molecule has 18 heavy (non-hydrogen) atoms. The van der Waals surface area contributed by atoms with Gasteiger partial charge in [-0.25, -0.2) is 4.79 Å². The Morgan fingerprint density at radius 3 is 2.28 bits per heavy atom. The number of carbonyl (C=O) groups excluding carboxylic acids is 1. The molecule has 0 bridgehead atoms. The molecular formula is C14H28N2O2. The van der Waals surface area contributed by atoms with Crippen molar-refractivity contribution in [3.63, 3.8) is 0 Å². The second kappa shape index (κ2) is 5.47. The molecule has 0 aromatic rings. The molecule has 1 aliphatic rings. The highest BCUT2D eigenvalue weighted by Gasteiger charge is 2.44. The highest BCUT2D eigenvalue weighted by atomic mass is 16.6. The highest BCUT2D eigenvalue weighted by molar-refractivity contribution is 5.69. The first-order chi connectivity index (χ1) is 8.17. The first kappa shape index (κ1) is 15.3. The van der Waals surface area contributed by atoms with Crippen molar-refractivity contribution in [1.82, 2.24) is 9.80 Å². The van der Waals surface area contributed by atoms with Gasteiger partial charge in [-0.05, 0) is 54.3 Å². The third-order valence-corrected chi connectivity index (χ3v) is 3.54. The molecule has 0 aliphatic carbocycles. The minimum Gasteiger partial charge on any atom is -0.444 e. The molecule has 1 fully saturated rings. The maximum absolute atomic E-state index is 11.9. The summed E-state index contributed by atoms with van der Waals surface area (Å²) in [6, 6.07) is 0. The van der Waals surface area contributed by atoms with Gasteiger partial charge in [0.25, 0.3) is 0 Å². The number of hydrogen-bond acceptors (Lipinski definition) is 3. The quantitative estimate of drug-likeness (QED) is 0.775. The first-order valence-corrected chi connectivity index (χ1v) is 6.80. The molecule has 1 aliphatic heterocycles. The van der Waals surface area contributed by atoms with Crippen molar-refractivity contribution >= 4 is 6.09 Å². The molecular weight excluding hydrogens is 228 g/mol. The largest absolute Gasteiger partial charge is 0.444 e. The maximum atomic E-state index is 11.9. The zero-order chi connectivity index (χ0) is 14.0. The number of carbonyl (C=O) groups is 1. The van der Waals surface area contributed by atoms with Crippen LogP contribution in [0.15, 0.2) is 0 Å². The molecule has 1 saturated heterocycles. The van der Waals surface area contributed by atoms with Gasteiger partial charge in [-0.15, -0.1) is 0 Å². The van der Waals surface area contributed by atoms with E-state index in [9.17, 15) is 4.79 Å². The van der Waals surface area contributed by atoms with Crippen LogP contribution in [0.5, 0.6) is 0 Å². The minimum absolute atomic E-state index is 0.170. The van der Waals surface area contributed by atoms with Gasteiger partial charge in [0.1, 0.15) is 5.60 Å². The van der Waals surface area contributed by atoms with Gasteiger partial charge in [-0.1, -0.05) is 6.92 Å². The molecule has 106 valence electrons. The van der Waals surface area contributed by atoms with Crippen molar-refractivity contribution in [3.8, 4) is 0 Å². The first-order valence-electron chi connectivity index (χ1n) is 6.80. The van der Waals surface area contributed by atoms with E-state index < -0.39 is 5.60 Å². The Morgan fingerprint density at radius 1 is 1.33 bits per heavy atom. The lowest BCUT2D eigenvalue weighted by atomic mass is 9.74. The van der Waals surface area contributed by atoms with Gasteiger partial charge in [0.2, 0.25) is 0 Å². The summed E-state index contributed by atoms with van der Waals surface area (Å²) in [5.41, 5.74) is -0.0909. The fourth-order valence-corrected chi connectivity index (χ4v) is 2.24. The number of nitrogens with zero attached hydrogens (tertiary/aromatic N) is 2. The molecule has 0 aromatic heterocycles. The Bertz CT molecular complexity index is 289. The Balaban J connectivity index is 2.42. The van der Waals surface area contributed by atoms with E-state index in [2.05, 4.69) is 25.9 Å². The topological polar surface area (TPSA) is 32.8 Å². The van der Waals surface area contributed by atoms with Crippen LogP contribution >= 0.6 is 0 Å². The molecule has 1 heterocycles. The summed E-state index contributed by atoms with van der Waals surface area (Å²) >= 11 is 0. The van der Waals surface area contributed by atoms with Crippen LogP contribution in [0.1, 0.15) is 40.5 Å². The van der Waals surface area contributed by atoms with Crippen LogP contribution in [-0.4, -0.2) is 55.2 Å². The molecule has 0 spiro atoms. The Morgan fingerprint density at radius 2 is 1.89 bits per heavy atom. The molecule has 4 nitrogen and oxygen atoms in total. The summed E-state index contributed by atoms with van der Waals surface area (Å²) in [4.78, 5) is 15.9. The standard InChI is InChI=1S/C14H28N2O2/c1-7-14(8-9-15(5)6)10-16(11-14)12(17)18-13(2,3)4/h7-11H2,1-6H3. The summed E-state index contributed by atoms with van der Waals surface area (Å²) in [6.45, 7) is 10.7. The molecule has 0 radical (unpaired) electrons. The van der Waals surface area contributed by atoms with Gasteiger partial charge in [-0.2, -0.15) is 0 Å². The minimum atomic E-state index is -0.398. The number of likely N-dealkylation sites (tertiary alicyclic amines) is 1. The number of amides is 1. The average Bonchev–Trinajstić information content (AvgIpc) is 2.13. The Hall–Kier alpha value is -0.770. The van der Waals surface area contributed by atoms with Crippen LogP contribution in [0.4, 0.5) is 4.79 Å². The monoisotopic (exact) mass is 256 g/mol. The SMILES string of the molecule is CCC1(CCN(C)C)CN(C(=O)OC(C)(C)C)C1. The summed E-state index contributed by atoms with van der Waals surface area (Å²) in [7, 11) is 4.18. The van der Waals surface area contributed by atoms with Crippen molar-refractivity contribution in [1.29, 1.82) is 0 Å². The van der Waals surface area contributed by atoms with Gasteiger partial charge in [0.05, 0.1) is 0 Å². The van der Waals surface area contributed by atoms with E-state index in [1.807, 2.05) is 25.7 Å². The summed E-state index contributed by atoms with van der Waals surface area (Å²) in [6.07, 6.45) is 2.10. The zero-order valence-electron chi connectivity index (χ0n) is 12.7. The molecule has 0 aromatic carbocycles. The normalized spacial score (nSPS) is 18.7. The molecule has 1 amide bonds. The second-order valence-corrected chi connectivity index (χ2v) is 6.74. The van der Waals surface area contributed by atoms with Crippen molar-refractivity contribution in [2.75, 3.05) is 33.7 Å². The van der Waals surface area contributed by atoms with Gasteiger partial charge >= 0.3 is 6.09 Å². The van der Waals surface area contributed by atoms with E-state index in [-0.39, 0.29) is 6.09 Å². The fourth-order valence-electron chi connectivity index (χ4n) is 2.24. The van der Waals surface area contributed by atoms with Gasteiger partial charge < -0.3 is 14.5 Å². The van der Waals surface area contributed by atoms with Gasteiger partial charge in [0.15, 0.2) is 0 Å². The van der Waals surface area contributed by atoms with Crippen molar-refractivity contribution < 1.29 is 9.53 Å². The highest BCUT2D eigenvalue weighted by Crippen LogP contribution is 2.38. The van der Waals surface area contributed by atoms with E-state index in [0.29, 0.717) is 5.41 Å². The third-order valence-electron chi connectivity index (χ3n) is 3.54. The van der Waals surface area contributed by atoms with E-state index in [1.54, 1.807) is 0 Å². The van der Waals surface area contributed by atoms with Crippen LogP contribution in [0, 0.1) is 5.41 Å². The van der Waals surface area contributed by atoms with Gasteiger partial charge in [-0.3, -0.25) is 0 Å². The lowest BCUT2D eigenvalue weighted by molar-refractivity contribution is -0.0410. The summed E-state index contributed by atoms with van der Waals surface area (Å²) < 4.78 is 5.38. The average molecular weight is 256 g/mol. The molecule has 0 unspecified atom stereocenters.